The zero-order chi connectivity index (χ0) is 12.4. The second-order valence-corrected chi connectivity index (χ2v) is 4.55. The van der Waals surface area contributed by atoms with Gasteiger partial charge >= 0.3 is 0 Å². The Labute approximate surface area is 101 Å². The number of nitrogen functional groups attached to an aromatic ring is 1. The Hall–Kier alpha value is -1.56. The van der Waals surface area contributed by atoms with Crippen molar-refractivity contribution in [3.8, 4) is 0 Å². The van der Waals surface area contributed by atoms with Gasteiger partial charge in [-0.1, -0.05) is 0 Å². The number of nitrogens with two attached hydrogens (primary N) is 1. The van der Waals surface area contributed by atoms with Gasteiger partial charge in [0.05, 0.1) is 6.20 Å². The van der Waals surface area contributed by atoms with Crippen LogP contribution in [-0.4, -0.2) is 46.8 Å². The molecule has 1 aliphatic rings. The van der Waals surface area contributed by atoms with Crippen LogP contribution in [0.4, 0.5) is 5.82 Å². The molecular weight excluding hydrogens is 218 g/mol. The van der Waals surface area contributed by atoms with E-state index in [1.54, 1.807) is 7.05 Å². The van der Waals surface area contributed by atoms with Crippen LogP contribution >= 0.6 is 0 Å². The van der Waals surface area contributed by atoms with Gasteiger partial charge in [0, 0.05) is 19.6 Å². The van der Waals surface area contributed by atoms with E-state index in [1.807, 2.05) is 0 Å². The average Bonchev–Trinajstić information content (AvgIpc) is 2.84. The Morgan fingerprint density at radius 3 is 2.94 bits per heavy atom. The van der Waals surface area contributed by atoms with Crippen LogP contribution in [0.25, 0.3) is 0 Å². The summed E-state index contributed by atoms with van der Waals surface area (Å²) < 4.78 is 1.50. The summed E-state index contributed by atoms with van der Waals surface area (Å²) in [6.07, 6.45) is 3.84. The third-order valence-electron chi connectivity index (χ3n) is 3.40. The summed E-state index contributed by atoms with van der Waals surface area (Å²) in [5.41, 5.74) is 6.20. The molecule has 0 spiro atoms. The van der Waals surface area contributed by atoms with E-state index in [1.165, 1.54) is 17.3 Å². The molecule has 94 valence electrons. The van der Waals surface area contributed by atoms with Crippen LogP contribution < -0.4 is 11.1 Å². The number of carbonyl (C=O) groups excluding carboxylic acids is 1. The fraction of sp³-hybridized carbons (Fsp3) is 0.636. The summed E-state index contributed by atoms with van der Waals surface area (Å²) in [7, 11) is 3.80. The number of anilines is 1. The number of rotatable bonds is 3. The molecule has 17 heavy (non-hydrogen) atoms. The molecule has 0 radical (unpaired) electrons. The van der Waals surface area contributed by atoms with E-state index < -0.39 is 0 Å². The van der Waals surface area contributed by atoms with Gasteiger partial charge in [-0.15, -0.1) is 0 Å². The minimum absolute atomic E-state index is 0.143. The van der Waals surface area contributed by atoms with Crippen LogP contribution in [0.2, 0.25) is 0 Å². The van der Waals surface area contributed by atoms with Gasteiger partial charge in [-0.05, 0) is 26.4 Å². The Balaban J connectivity index is 1.91. The second-order valence-electron chi connectivity index (χ2n) is 4.55. The molecule has 3 N–H and O–H groups in total. The van der Waals surface area contributed by atoms with E-state index in [0.29, 0.717) is 24.0 Å². The minimum Gasteiger partial charge on any atom is -0.383 e. The van der Waals surface area contributed by atoms with Crippen LogP contribution in [0.1, 0.15) is 23.2 Å². The number of hydrogen-bond donors (Lipinski definition) is 2. The normalized spacial score (nSPS) is 20.7. The first kappa shape index (κ1) is 11.9. The highest BCUT2D eigenvalue weighted by molar-refractivity contribution is 5.98. The predicted octanol–water partition coefficient (Wildman–Crippen LogP) is -0.174. The molecule has 0 aromatic carbocycles. The van der Waals surface area contributed by atoms with Crippen molar-refractivity contribution in [2.24, 2.45) is 7.05 Å². The van der Waals surface area contributed by atoms with Crippen LogP contribution in [0.5, 0.6) is 0 Å². The molecule has 2 rings (SSSR count). The summed E-state index contributed by atoms with van der Waals surface area (Å²) in [5, 5.41) is 6.86. The first-order chi connectivity index (χ1) is 8.09. The third-order valence-corrected chi connectivity index (χ3v) is 3.40. The molecule has 2 heterocycles. The van der Waals surface area contributed by atoms with Gasteiger partial charge in [0.1, 0.15) is 11.4 Å². The van der Waals surface area contributed by atoms with Gasteiger partial charge in [-0.2, -0.15) is 5.10 Å². The number of likely N-dealkylation sites (tertiary alicyclic amines) is 1. The predicted molar refractivity (Wildman–Crippen MR) is 65.6 cm³/mol. The quantitative estimate of drug-likeness (QED) is 0.765. The first-order valence-corrected chi connectivity index (χ1v) is 5.85. The molecule has 1 amide bonds. The van der Waals surface area contributed by atoms with E-state index in [0.717, 1.165) is 13.0 Å². The Morgan fingerprint density at radius 2 is 2.41 bits per heavy atom. The van der Waals surface area contributed by atoms with Crippen molar-refractivity contribution in [1.29, 1.82) is 0 Å². The largest absolute Gasteiger partial charge is 0.383 e. The number of aryl methyl sites for hydroxylation is 1. The van der Waals surface area contributed by atoms with Crippen molar-refractivity contribution in [3.05, 3.63) is 11.8 Å². The molecule has 0 aliphatic carbocycles. The zero-order valence-corrected chi connectivity index (χ0v) is 10.3. The maximum Gasteiger partial charge on any atom is 0.256 e. The summed E-state index contributed by atoms with van der Waals surface area (Å²) in [6.45, 7) is 1.78. The number of aromatic nitrogens is 2. The first-order valence-electron chi connectivity index (χ1n) is 5.85. The van der Waals surface area contributed by atoms with Gasteiger partial charge in [0.25, 0.3) is 5.91 Å². The van der Waals surface area contributed by atoms with E-state index in [2.05, 4.69) is 22.4 Å². The molecule has 1 atom stereocenters. The number of nitrogens with one attached hydrogen (secondary N) is 1. The molecule has 0 bridgehead atoms. The van der Waals surface area contributed by atoms with E-state index >= 15 is 0 Å². The lowest BCUT2D eigenvalue weighted by molar-refractivity contribution is 0.0944. The second kappa shape index (κ2) is 4.75. The zero-order valence-electron chi connectivity index (χ0n) is 10.3. The van der Waals surface area contributed by atoms with Gasteiger partial charge in [-0.25, -0.2) is 0 Å². The van der Waals surface area contributed by atoms with Crippen LogP contribution in [0, 0.1) is 0 Å². The van der Waals surface area contributed by atoms with Gasteiger partial charge in [0.2, 0.25) is 0 Å². The van der Waals surface area contributed by atoms with Crippen molar-refractivity contribution < 1.29 is 4.79 Å². The topological polar surface area (TPSA) is 76.2 Å². The smallest absolute Gasteiger partial charge is 0.256 e. The highest BCUT2D eigenvalue weighted by atomic mass is 16.1. The number of likely N-dealkylation sites (N-methyl/N-ethyl adjacent to an activating group) is 1. The van der Waals surface area contributed by atoms with Crippen LogP contribution in [-0.2, 0) is 7.05 Å². The lowest BCUT2D eigenvalue weighted by Gasteiger charge is -2.19. The summed E-state index contributed by atoms with van der Waals surface area (Å²) in [5.74, 6) is 0.262. The fourth-order valence-corrected chi connectivity index (χ4v) is 2.16. The van der Waals surface area contributed by atoms with Gasteiger partial charge in [0.15, 0.2) is 0 Å². The molecule has 1 fully saturated rings. The number of carbonyl (C=O) groups is 1. The molecule has 1 aliphatic heterocycles. The molecule has 1 aromatic heterocycles. The summed E-state index contributed by atoms with van der Waals surface area (Å²) in [4.78, 5) is 14.1. The molecule has 1 aromatic rings. The maximum absolute atomic E-state index is 11.9. The number of hydrogen-bond acceptors (Lipinski definition) is 4. The third kappa shape index (κ3) is 2.41. The Morgan fingerprint density at radius 1 is 1.65 bits per heavy atom. The maximum atomic E-state index is 11.9. The monoisotopic (exact) mass is 237 g/mol. The van der Waals surface area contributed by atoms with Crippen LogP contribution in [0.3, 0.4) is 0 Å². The van der Waals surface area contributed by atoms with E-state index in [9.17, 15) is 4.79 Å². The molecule has 1 unspecified atom stereocenters. The summed E-state index contributed by atoms with van der Waals surface area (Å²) >= 11 is 0. The molecular formula is C11H19N5O. The number of amides is 1. The highest BCUT2D eigenvalue weighted by Gasteiger charge is 2.22. The standard InChI is InChI=1S/C11H19N5O/c1-15-5-3-4-8(15)6-13-11(17)9-7-14-16(2)10(9)12/h7-8H,3-6,12H2,1-2H3,(H,13,17). The van der Waals surface area contributed by atoms with Crippen molar-refractivity contribution in [2.45, 2.75) is 18.9 Å². The molecule has 6 heteroatoms. The molecule has 0 saturated carbocycles. The minimum atomic E-state index is -0.143. The lowest BCUT2D eigenvalue weighted by Crippen LogP contribution is -2.38. The van der Waals surface area contributed by atoms with Crippen molar-refractivity contribution >= 4 is 11.7 Å². The SMILES string of the molecule is CN1CCCC1CNC(=O)c1cnn(C)c1N. The van der Waals surface area contributed by atoms with Crippen LogP contribution in [0.15, 0.2) is 6.20 Å². The van der Waals surface area contributed by atoms with Crippen molar-refractivity contribution in [1.82, 2.24) is 20.0 Å². The van der Waals surface area contributed by atoms with E-state index in [-0.39, 0.29) is 5.91 Å². The highest BCUT2D eigenvalue weighted by Crippen LogP contribution is 2.14. The van der Waals surface area contributed by atoms with Crippen molar-refractivity contribution in [3.63, 3.8) is 0 Å². The van der Waals surface area contributed by atoms with Crippen molar-refractivity contribution in [2.75, 3.05) is 25.9 Å². The Kier molecular flexibility index (Phi) is 3.33. The summed E-state index contributed by atoms with van der Waals surface area (Å²) in [6, 6.07) is 0.442. The van der Waals surface area contributed by atoms with Gasteiger partial charge < -0.3 is 16.0 Å². The molecule has 6 nitrogen and oxygen atoms in total. The Bertz CT molecular complexity index is 414. The molecule has 1 saturated heterocycles. The fourth-order valence-electron chi connectivity index (χ4n) is 2.16. The number of nitrogens with zero attached hydrogens (tertiary/aromatic N) is 3. The van der Waals surface area contributed by atoms with Gasteiger partial charge in [-0.3, -0.25) is 9.48 Å². The average molecular weight is 237 g/mol. The lowest BCUT2D eigenvalue weighted by atomic mass is 10.2. The van der Waals surface area contributed by atoms with E-state index in [4.69, 9.17) is 5.73 Å².